The Bertz CT molecular complexity index is 1240. The van der Waals surface area contributed by atoms with E-state index in [2.05, 4.69) is 22.0 Å². The Morgan fingerprint density at radius 2 is 1.93 bits per heavy atom. The number of carbonyl (C=O) groups is 1. The van der Waals surface area contributed by atoms with Gasteiger partial charge in [0.1, 0.15) is 5.58 Å². The van der Waals surface area contributed by atoms with Crippen molar-refractivity contribution in [1.29, 1.82) is 0 Å². The monoisotopic (exact) mass is 458 g/mol. The number of hydrogen-bond acceptors (Lipinski definition) is 7. The van der Waals surface area contributed by atoms with Gasteiger partial charge in [-0.15, -0.1) is 10.2 Å². The molecule has 0 radical (unpaired) electrons. The molecule has 150 valence electrons. The number of aromatic nitrogens is 2. The van der Waals surface area contributed by atoms with Crippen molar-refractivity contribution in [2.45, 2.75) is 5.22 Å². The van der Waals surface area contributed by atoms with Crippen LogP contribution in [0.1, 0.15) is 10.6 Å². The quantitative estimate of drug-likeness (QED) is 0.214. The molecule has 30 heavy (non-hydrogen) atoms. The van der Waals surface area contributed by atoms with Gasteiger partial charge in [0.15, 0.2) is 6.61 Å². The fourth-order valence-corrected chi connectivity index (χ4v) is 3.52. The molecule has 0 amide bonds. The van der Waals surface area contributed by atoms with Crippen LogP contribution in [-0.4, -0.2) is 28.5 Å². The van der Waals surface area contributed by atoms with E-state index in [0.717, 1.165) is 5.39 Å². The maximum Gasteiger partial charge on any atom is 0.375 e. The standard InChI is InChI=1S/C21H12Cl2N2O4S/c22-14-7-8-15(16(23)12-14)19-24-25-21(29-19)30-10-4-3-9-27-20(26)18-11-13-5-1-2-6-17(13)28-18/h1-2,5-8,11-12H,9-10H2. The summed E-state index contributed by atoms with van der Waals surface area (Å²) in [6.07, 6.45) is 0. The van der Waals surface area contributed by atoms with Crippen molar-refractivity contribution in [2.75, 3.05) is 12.4 Å². The summed E-state index contributed by atoms with van der Waals surface area (Å²) in [7, 11) is 0. The molecule has 0 unspecified atom stereocenters. The third-order valence-corrected chi connectivity index (χ3v) is 5.11. The van der Waals surface area contributed by atoms with Crippen LogP contribution in [0.4, 0.5) is 0 Å². The number of esters is 1. The largest absolute Gasteiger partial charge is 0.449 e. The van der Waals surface area contributed by atoms with Crippen LogP contribution in [0.3, 0.4) is 0 Å². The predicted molar refractivity (Wildman–Crippen MR) is 115 cm³/mol. The minimum Gasteiger partial charge on any atom is -0.449 e. The van der Waals surface area contributed by atoms with Gasteiger partial charge in [0, 0.05) is 10.4 Å². The van der Waals surface area contributed by atoms with Crippen molar-refractivity contribution in [3.05, 3.63) is 64.3 Å². The highest BCUT2D eigenvalue weighted by molar-refractivity contribution is 7.99. The SMILES string of the molecule is O=C(OCC#CCSc1nnc(-c2ccc(Cl)cc2Cl)o1)c1cc2ccccc2o1. The molecule has 4 rings (SSSR count). The maximum atomic E-state index is 12.0. The first-order chi connectivity index (χ1) is 14.6. The molecule has 0 saturated carbocycles. The molecule has 2 aromatic heterocycles. The van der Waals surface area contributed by atoms with Crippen molar-refractivity contribution in [3.8, 4) is 23.3 Å². The molecule has 0 saturated heterocycles. The molecule has 0 fully saturated rings. The number of halogens is 2. The summed E-state index contributed by atoms with van der Waals surface area (Å²) in [4.78, 5) is 12.0. The van der Waals surface area contributed by atoms with E-state index >= 15 is 0 Å². The summed E-state index contributed by atoms with van der Waals surface area (Å²) in [5.74, 6) is 5.90. The molecule has 0 bridgehead atoms. The Kier molecular flexibility index (Phi) is 6.29. The molecule has 0 aliphatic carbocycles. The van der Waals surface area contributed by atoms with E-state index in [9.17, 15) is 4.79 Å². The van der Waals surface area contributed by atoms with E-state index in [1.54, 1.807) is 30.3 Å². The van der Waals surface area contributed by atoms with Crippen LogP contribution >= 0.6 is 35.0 Å². The summed E-state index contributed by atoms with van der Waals surface area (Å²) in [6, 6.07) is 14.0. The summed E-state index contributed by atoms with van der Waals surface area (Å²) in [5, 5.41) is 10.1. The highest BCUT2D eigenvalue weighted by atomic mass is 35.5. The zero-order valence-corrected chi connectivity index (χ0v) is 17.6. The van der Waals surface area contributed by atoms with Gasteiger partial charge in [-0.25, -0.2) is 4.79 Å². The maximum absolute atomic E-state index is 12.0. The minimum atomic E-state index is -0.561. The normalized spacial score (nSPS) is 10.6. The number of carbonyl (C=O) groups excluding carboxylic acids is 1. The van der Waals surface area contributed by atoms with Gasteiger partial charge in [0.2, 0.25) is 11.7 Å². The Morgan fingerprint density at radius 3 is 2.77 bits per heavy atom. The number of hydrogen-bond donors (Lipinski definition) is 0. The van der Waals surface area contributed by atoms with Gasteiger partial charge in [-0.3, -0.25) is 0 Å². The average molecular weight is 459 g/mol. The van der Waals surface area contributed by atoms with Gasteiger partial charge < -0.3 is 13.6 Å². The number of para-hydroxylation sites is 1. The lowest BCUT2D eigenvalue weighted by molar-refractivity contribution is 0.0523. The first kappa shape index (κ1) is 20.4. The summed E-state index contributed by atoms with van der Waals surface area (Å²) < 4.78 is 16.1. The summed E-state index contributed by atoms with van der Waals surface area (Å²) in [5.41, 5.74) is 1.23. The number of ether oxygens (including phenoxy) is 1. The van der Waals surface area contributed by atoms with Gasteiger partial charge in [0.25, 0.3) is 5.22 Å². The van der Waals surface area contributed by atoms with E-state index in [0.29, 0.717) is 38.1 Å². The molecule has 0 spiro atoms. The minimum absolute atomic E-state index is 0.0497. The third-order valence-electron chi connectivity index (χ3n) is 3.86. The molecular weight excluding hydrogens is 447 g/mol. The van der Waals surface area contributed by atoms with Gasteiger partial charge in [-0.05, 0) is 30.3 Å². The van der Waals surface area contributed by atoms with E-state index in [1.165, 1.54) is 11.8 Å². The fourth-order valence-electron chi connectivity index (χ4n) is 2.49. The topological polar surface area (TPSA) is 78.4 Å². The third kappa shape index (κ3) is 4.79. The van der Waals surface area contributed by atoms with E-state index in [1.807, 2.05) is 18.2 Å². The molecule has 0 aliphatic rings. The zero-order valence-electron chi connectivity index (χ0n) is 15.2. The molecule has 9 heteroatoms. The lowest BCUT2D eigenvalue weighted by Crippen LogP contribution is -2.03. The Hall–Kier alpha value is -2.92. The Balaban J connectivity index is 1.26. The van der Waals surface area contributed by atoms with Gasteiger partial charge in [0.05, 0.1) is 16.3 Å². The van der Waals surface area contributed by atoms with Crippen molar-refractivity contribution >= 4 is 51.9 Å². The van der Waals surface area contributed by atoms with Gasteiger partial charge >= 0.3 is 5.97 Å². The highest BCUT2D eigenvalue weighted by Gasteiger charge is 2.13. The molecule has 6 nitrogen and oxygen atoms in total. The van der Waals surface area contributed by atoms with Crippen molar-refractivity contribution < 1.29 is 18.4 Å². The lowest BCUT2D eigenvalue weighted by atomic mass is 10.2. The summed E-state index contributed by atoms with van der Waals surface area (Å²) in [6.45, 7) is -0.0497. The molecule has 4 aromatic rings. The van der Waals surface area contributed by atoms with Gasteiger partial charge in [-0.1, -0.05) is 65.0 Å². The molecule has 2 heterocycles. The van der Waals surface area contributed by atoms with Crippen LogP contribution in [0.25, 0.3) is 22.4 Å². The lowest BCUT2D eigenvalue weighted by Gasteiger charge is -1.98. The smallest absolute Gasteiger partial charge is 0.375 e. The fraction of sp³-hybridized carbons (Fsp3) is 0.0952. The van der Waals surface area contributed by atoms with E-state index < -0.39 is 5.97 Å². The van der Waals surface area contributed by atoms with Crippen molar-refractivity contribution in [3.63, 3.8) is 0 Å². The first-order valence-corrected chi connectivity index (χ1v) is 10.4. The number of fused-ring (bicyclic) bond motifs is 1. The van der Waals surface area contributed by atoms with E-state index in [-0.39, 0.29) is 12.4 Å². The Morgan fingerprint density at radius 1 is 1.07 bits per heavy atom. The number of nitrogens with zero attached hydrogens (tertiary/aromatic N) is 2. The van der Waals surface area contributed by atoms with Crippen LogP contribution in [0.5, 0.6) is 0 Å². The predicted octanol–water partition coefficient (Wildman–Crippen LogP) is 5.74. The van der Waals surface area contributed by atoms with Crippen LogP contribution < -0.4 is 0 Å². The number of furan rings is 1. The van der Waals surface area contributed by atoms with Crippen molar-refractivity contribution in [1.82, 2.24) is 10.2 Å². The molecule has 0 atom stereocenters. The molecule has 2 aromatic carbocycles. The zero-order chi connectivity index (χ0) is 20.9. The second-order valence-corrected chi connectivity index (χ2v) is 7.63. The second kappa shape index (κ2) is 9.26. The highest BCUT2D eigenvalue weighted by Crippen LogP contribution is 2.30. The number of rotatable bonds is 5. The molecule has 0 N–H and O–H groups in total. The second-order valence-electron chi connectivity index (χ2n) is 5.86. The van der Waals surface area contributed by atoms with Crippen LogP contribution in [-0.2, 0) is 4.74 Å². The molecule has 0 aliphatic heterocycles. The number of benzene rings is 2. The van der Waals surface area contributed by atoms with Crippen molar-refractivity contribution in [2.24, 2.45) is 0 Å². The van der Waals surface area contributed by atoms with Gasteiger partial charge in [-0.2, -0.15) is 0 Å². The van der Waals surface area contributed by atoms with E-state index in [4.69, 9.17) is 36.8 Å². The average Bonchev–Trinajstić information content (AvgIpc) is 3.37. The Labute approximate surface area is 185 Å². The summed E-state index contributed by atoms with van der Waals surface area (Å²) >= 11 is 13.3. The molecular formula is C21H12Cl2N2O4S. The van der Waals surface area contributed by atoms with Crippen LogP contribution in [0, 0.1) is 11.8 Å². The number of thioether (sulfide) groups is 1. The first-order valence-electron chi connectivity index (χ1n) is 8.63. The van der Waals surface area contributed by atoms with Crippen LogP contribution in [0.2, 0.25) is 10.0 Å². The van der Waals surface area contributed by atoms with Crippen LogP contribution in [0.15, 0.2) is 62.6 Å².